The molecule has 5 rings (SSSR count). The summed E-state index contributed by atoms with van der Waals surface area (Å²) in [5, 5.41) is 0. The molecule has 1 aromatic carbocycles. The van der Waals surface area contributed by atoms with E-state index >= 15 is 0 Å². The Bertz CT molecular complexity index is 443. The van der Waals surface area contributed by atoms with E-state index in [4.69, 9.17) is 0 Å². The minimum absolute atomic E-state index is 0.901. The van der Waals surface area contributed by atoms with Crippen LogP contribution in [-0.2, 0) is 0 Å². The van der Waals surface area contributed by atoms with Crippen LogP contribution in [0.25, 0.3) is 0 Å². The second-order valence-electron chi connectivity index (χ2n) is 7.32. The molecule has 18 heavy (non-hydrogen) atoms. The molecule has 0 unspecified atom stereocenters. The second-order valence-corrected chi connectivity index (χ2v) is 7.32. The van der Waals surface area contributed by atoms with Crippen LogP contribution in [0.1, 0.15) is 54.7 Å². The van der Waals surface area contributed by atoms with Crippen LogP contribution in [0.3, 0.4) is 0 Å². The summed E-state index contributed by atoms with van der Waals surface area (Å²) in [7, 11) is 0. The summed E-state index contributed by atoms with van der Waals surface area (Å²) in [6.07, 6.45) is 7.69. The normalized spacial score (nSPS) is 41.3. The highest BCUT2D eigenvalue weighted by Crippen LogP contribution is 2.60. The van der Waals surface area contributed by atoms with Crippen LogP contribution in [0.2, 0.25) is 0 Å². The van der Waals surface area contributed by atoms with Gasteiger partial charge in [-0.25, -0.2) is 0 Å². The fourth-order valence-electron chi connectivity index (χ4n) is 5.55. The van der Waals surface area contributed by atoms with Gasteiger partial charge in [0.25, 0.3) is 0 Å². The molecule has 0 saturated heterocycles. The topological polar surface area (TPSA) is 0 Å². The molecule has 0 radical (unpaired) electrons. The van der Waals surface area contributed by atoms with Gasteiger partial charge >= 0.3 is 0 Å². The average Bonchev–Trinajstić information content (AvgIpc) is 2.32. The lowest BCUT2D eigenvalue weighted by molar-refractivity contribution is -0.00299. The van der Waals surface area contributed by atoms with Gasteiger partial charge < -0.3 is 0 Å². The monoisotopic (exact) mass is 240 g/mol. The summed E-state index contributed by atoms with van der Waals surface area (Å²) in [4.78, 5) is 0. The van der Waals surface area contributed by atoms with Gasteiger partial charge in [0.05, 0.1) is 0 Å². The molecular weight excluding hydrogens is 216 g/mol. The fraction of sp³-hybridized carbons (Fsp3) is 0.667. The molecular formula is C18H24. The van der Waals surface area contributed by atoms with Gasteiger partial charge in [-0.3, -0.25) is 0 Å². The quantitative estimate of drug-likeness (QED) is 0.658. The number of hydrogen-bond acceptors (Lipinski definition) is 0. The first-order valence-corrected chi connectivity index (χ1v) is 7.78. The van der Waals surface area contributed by atoms with Crippen molar-refractivity contribution >= 4 is 0 Å². The number of rotatable bonds is 1. The summed E-state index contributed by atoms with van der Waals surface area (Å²) in [6, 6.07) is 7.10. The first kappa shape index (κ1) is 11.1. The minimum atomic E-state index is 0.901. The van der Waals surface area contributed by atoms with E-state index in [0.29, 0.717) is 0 Å². The Balaban J connectivity index is 1.74. The lowest BCUT2D eigenvalue weighted by Crippen LogP contribution is -2.44. The van der Waals surface area contributed by atoms with Crippen LogP contribution in [0.15, 0.2) is 18.2 Å². The van der Waals surface area contributed by atoms with E-state index in [2.05, 4.69) is 32.0 Å². The Morgan fingerprint density at radius 3 is 2.06 bits per heavy atom. The van der Waals surface area contributed by atoms with Gasteiger partial charge in [0.1, 0.15) is 0 Å². The Morgan fingerprint density at radius 2 is 1.44 bits per heavy atom. The predicted molar refractivity (Wildman–Crippen MR) is 75.7 cm³/mol. The Kier molecular flexibility index (Phi) is 2.37. The third-order valence-corrected chi connectivity index (χ3v) is 6.02. The first-order valence-electron chi connectivity index (χ1n) is 7.78. The summed E-state index contributed by atoms with van der Waals surface area (Å²) < 4.78 is 0. The molecule has 0 aromatic heterocycles. The van der Waals surface area contributed by atoms with Crippen molar-refractivity contribution in [3.05, 3.63) is 34.9 Å². The van der Waals surface area contributed by atoms with Crippen molar-refractivity contribution < 1.29 is 0 Å². The average molecular weight is 240 g/mol. The van der Waals surface area contributed by atoms with Crippen LogP contribution in [0.5, 0.6) is 0 Å². The molecule has 1 aromatic rings. The summed E-state index contributed by atoms with van der Waals surface area (Å²) >= 11 is 0. The first-order chi connectivity index (χ1) is 8.70. The van der Waals surface area contributed by atoms with Gasteiger partial charge in [-0.1, -0.05) is 23.8 Å². The van der Waals surface area contributed by atoms with Crippen molar-refractivity contribution in [1.82, 2.24) is 0 Å². The summed E-state index contributed by atoms with van der Waals surface area (Å²) in [6.45, 7) is 4.57. The fourth-order valence-corrected chi connectivity index (χ4v) is 5.55. The van der Waals surface area contributed by atoms with Crippen molar-refractivity contribution in [2.24, 2.45) is 23.7 Å². The van der Waals surface area contributed by atoms with E-state index in [9.17, 15) is 0 Å². The molecule has 4 saturated carbocycles. The van der Waals surface area contributed by atoms with E-state index < -0.39 is 0 Å². The van der Waals surface area contributed by atoms with Crippen molar-refractivity contribution in [2.45, 2.75) is 51.9 Å². The number of aryl methyl sites for hydroxylation is 2. The van der Waals surface area contributed by atoms with Crippen molar-refractivity contribution in [3.8, 4) is 0 Å². The highest BCUT2D eigenvalue weighted by molar-refractivity contribution is 5.35. The minimum Gasteiger partial charge on any atom is -0.0590 e. The van der Waals surface area contributed by atoms with E-state index in [1.165, 1.54) is 36.8 Å². The Labute approximate surface area is 111 Å². The zero-order valence-electron chi connectivity index (χ0n) is 11.7. The van der Waals surface area contributed by atoms with E-state index in [-0.39, 0.29) is 0 Å². The smallest absolute Gasteiger partial charge is 0.0102 e. The maximum Gasteiger partial charge on any atom is -0.0102 e. The van der Waals surface area contributed by atoms with Crippen LogP contribution >= 0.6 is 0 Å². The van der Waals surface area contributed by atoms with E-state index in [1.54, 1.807) is 12.0 Å². The Hall–Kier alpha value is -0.780. The van der Waals surface area contributed by atoms with Gasteiger partial charge in [-0.2, -0.15) is 0 Å². The molecule has 4 bridgehead atoms. The highest BCUT2D eigenvalue weighted by Gasteiger charge is 2.48. The third kappa shape index (κ3) is 1.57. The lowest BCUT2D eigenvalue weighted by atomic mass is 9.50. The van der Waals surface area contributed by atoms with Gasteiger partial charge in [0.15, 0.2) is 0 Å². The van der Waals surface area contributed by atoms with E-state index in [1.807, 2.05) is 0 Å². The molecule has 0 heteroatoms. The van der Waals surface area contributed by atoms with Gasteiger partial charge in [-0.15, -0.1) is 0 Å². The maximum atomic E-state index is 2.49. The summed E-state index contributed by atoms with van der Waals surface area (Å²) in [5.41, 5.74) is 4.69. The molecule has 4 fully saturated rings. The SMILES string of the molecule is Cc1ccc(C)c(C2C3CC4CC(C3)CC2C4)c1. The summed E-state index contributed by atoms with van der Waals surface area (Å²) in [5.74, 6) is 5.11. The Morgan fingerprint density at radius 1 is 0.833 bits per heavy atom. The maximum absolute atomic E-state index is 2.49. The number of benzene rings is 1. The van der Waals surface area contributed by atoms with Gasteiger partial charge in [-0.05, 0) is 86.7 Å². The largest absolute Gasteiger partial charge is 0.0590 e. The lowest BCUT2D eigenvalue weighted by Gasteiger charge is -2.55. The molecule has 0 nitrogen and oxygen atoms in total. The zero-order chi connectivity index (χ0) is 12.3. The molecule has 4 aliphatic rings. The van der Waals surface area contributed by atoms with Gasteiger partial charge in [0, 0.05) is 0 Å². The van der Waals surface area contributed by atoms with Crippen LogP contribution in [0.4, 0.5) is 0 Å². The second kappa shape index (κ2) is 3.85. The van der Waals surface area contributed by atoms with Crippen LogP contribution in [-0.4, -0.2) is 0 Å². The number of hydrogen-bond donors (Lipinski definition) is 0. The van der Waals surface area contributed by atoms with Crippen LogP contribution < -0.4 is 0 Å². The highest BCUT2D eigenvalue weighted by atomic mass is 14.5. The van der Waals surface area contributed by atoms with Crippen molar-refractivity contribution in [3.63, 3.8) is 0 Å². The molecule has 0 aliphatic heterocycles. The molecule has 4 aliphatic carbocycles. The predicted octanol–water partition coefficient (Wildman–Crippen LogP) is 4.84. The molecule has 96 valence electrons. The third-order valence-electron chi connectivity index (χ3n) is 6.02. The van der Waals surface area contributed by atoms with Crippen molar-refractivity contribution in [1.29, 1.82) is 0 Å². The zero-order valence-corrected chi connectivity index (χ0v) is 11.7. The molecule has 0 amide bonds. The standard InChI is InChI=1S/C18H24/c1-11-3-4-12(2)17(5-11)18-15-7-13-6-14(9-15)10-16(18)8-13/h3-5,13-16,18H,6-10H2,1-2H3. The van der Waals surface area contributed by atoms with E-state index in [0.717, 1.165) is 29.6 Å². The molecule has 0 N–H and O–H groups in total. The van der Waals surface area contributed by atoms with Gasteiger partial charge in [0.2, 0.25) is 0 Å². The molecule has 0 spiro atoms. The van der Waals surface area contributed by atoms with Crippen LogP contribution in [0, 0.1) is 37.5 Å². The van der Waals surface area contributed by atoms with Crippen molar-refractivity contribution in [2.75, 3.05) is 0 Å². The molecule has 0 heterocycles. The molecule has 0 atom stereocenters.